The van der Waals surface area contributed by atoms with E-state index in [1.807, 2.05) is 83.1 Å². The van der Waals surface area contributed by atoms with Crippen molar-refractivity contribution in [3.05, 3.63) is 54.1 Å². The van der Waals surface area contributed by atoms with Crippen molar-refractivity contribution in [3.63, 3.8) is 0 Å². The van der Waals surface area contributed by atoms with Crippen molar-refractivity contribution < 1.29 is 9.53 Å². The van der Waals surface area contributed by atoms with Crippen molar-refractivity contribution in [2.75, 3.05) is 6.54 Å². The van der Waals surface area contributed by atoms with E-state index < -0.39 is 5.60 Å². The van der Waals surface area contributed by atoms with Gasteiger partial charge in [-0.1, -0.05) is 64.3 Å². The first-order chi connectivity index (χ1) is 13.8. The summed E-state index contributed by atoms with van der Waals surface area (Å²) in [5.41, 5.74) is 2.65. The quantitative estimate of drug-likeness (QED) is 0.336. The molecule has 0 fully saturated rings. The van der Waals surface area contributed by atoms with Gasteiger partial charge in [-0.15, -0.1) is 6.42 Å². The molecule has 2 aromatic carbocycles. The second kappa shape index (κ2) is 14.7. The van der Waals surface area contributed by atoms with Gasteiger partial charge in [-0.3, -0.25) is 4.79 Å². The third kappa shape index (κ3) is 12.1. The van der Waals surface area contributed by atoms with Crippen LogP contribution in [0.1, 0.15) is 60.5 Å². The van der Waals surface area contributed by atoms with Crippen molar-refractivity contribution in [1.29, 1.82) is 0 Å². The maximum absolute atomic E-state index is 11.6. The Morgan fingerprint density at radius 3 is 1.86 bits per heavy atom. The summed E-state index contributed by atoms with van der Waals surface area (Å²) < 4.78 is 8.26. The van der Waals surface area contributed by atoms with Gasteiger partial charge in [0.25, 0.3) is 0 Å². The van der Waals surface area contributed by atoms with Gasteiger partial charge in [-0.2, -0.15) is 0 Å². The van der Waals surface area contributed by atoms with Gasteiger partial charge in [0, 0.05) is 10.5 Å². The SMILES string of the molecule is C#Cc1ccc(-c2ccc(SNCC(=O)OC(C)(C)C)cc2)cc1.CC.CCC. The third-order valence-electron chi connectivity index (χ3n) is 3.07. The number of carbonyl (C=O) groups excluding carboxylic acids is 1. The largest absolute Gasteiger partial charge is 0.459 e. The minimum atomic E-state index is -0.458. The van der Waals surface area contributed by atoms with Crippen LogP contribution in [0.15, 0.2) is 53.4 Å². The molecule has 3 nitrogen and oxygen atoms in total. The maximum Gasteiger partial charge on any atom is 0.321 e. The highest BCUT2D eigenvalue weighted by Gasteiger charge is 2.15. The van der Waals surface area contributed by atoms with E-state index in [2.05, 4.69) is 24.5 Å². The summed E-state index contributed by atoms with van der Waals surface area (Å²) in [7, 11) is 0. The summed E-state index contributed by atoms with van der Waals surface area (Å²) in [5.74, 6) is 2.35. The molecule has 0 aliphatic rings. The number of esters is 1. The third-order valence-corrected chi connectivity index (χ3v) is 3.86. The molecule has 0 heterocycles. The Hall–Kier alpha value is -2.22. The van der Waals surface area contributed by atoms with Crippen molar-refractivity contribution in [1.82, 2.24) is 4.72 Å². The lowest BCUT2D eigenvalue weighted by Crippen LogP contribution is -2.29. The van der Waals surface area contributed by atoms with E-state index in [1.165, 1.54) is 18.4 Å². The lowest BCUT2D eigenvalue weighted by molar-refractivity contribution is -0.153. The standard InChI is InChI=1S/C20H21NO2S.C3H8.C2H6/c1-5-15-6-8-16(9-7-15)17-10-12-18(13-11-17)24-21-14-19(22)23-20(2,3)4;1-3-2;1-2/h1,6-13,21H,14H2,2-4H3;3H2,1-2H3;1-2H3. The number of hydrogen-bond donors (Lipinski definition) is 1. The fourth-order valence-electron chi connectivity index (χ4n) is 2.03. The lowest BCUT2D eigenvalue weighted by atomic mass is 10.0. The molecular formula is C25H35NO2S. The van der Waals surface area contributed by atoms with Crippen LogP contribution in [0.5, 0.6) is 0 Å². The first-order valence-corrected chi connectivity index (χ1v) is 10.9. The number of carbonyl (C=O) groups is 1. The molecule has 1 N–H and O–H groups in total. The van der Waals surface area contributed by atoms with E-state index in [4.69, 9.17) is 11.2 Å². The predicted octanol–water partition coefficient (Wildman–Crippen LogP) is 6.72. The molecule has 0 bridgehead atoms. The Kier molecular flexibility index (Phi) is 13.6. The van der Waals surface area contributed by atoms with Gasteiger partial charge in [0.15, 0.2) is 0 Å². The molecule has 0 saturated heterocycles. The van der Waals surface area contributed by atoms with Gasteiger partial charge in [-0.25, -0.2) is 4.72 Å². The molecule has 0 spiro atoms. The van der Waals surface area contributed by atoms with E-state index >= 15 is 0 Å². The molecule has 29 heavy (non-hydrogen) atoms. The fraction of sp³-hybridized carbons (Fsp3) is 0.400. The second-order valence-corrected chi connectivity index (χ2v) is 7.93. The molecule has 0 aliphatic carbocycles. The van der Waals surface area contributed by atoms with Crippen molar-refractivity contribution >= 4 is 17.9 Å². The Bertz CT molecular complexity index is 738. The van der Waals surface area contributed by atoms with Crippen LogP contribution in [0.25, 0.3) is 11.1 Å². The summed E-state index contributed by atoms with van der Waals surface area (Å²) in [5, 5.41) is 0. The van der Waals surface area contributed by atoms with Crippen LogP contribution in [0, 0.1) is 12.3 Å². The monoisotopic (exact) mass is 413 g/mol. The summed E-state index contributed by atoms with van der Waals surface area (Å²) in [6.45, 7) is 14.0. The molecule has 2 rings (SSSR count). The summed E-state index contributed by atoms with van der Waals surface area (Å²) >= 11 is 1.41. The Balaban J connectivity index is 0.00000143. The summed E-state index contributed by atoms with van der Waals surface area (Å²) in [6, 6.07) is 16.0. The van der Waals surface area contributed by atoms with E-state index in [0.717, 1.165) is 21.6 Å². The van der Waals surface area contributed by atoms with E-state index in [-0.39, 0.29) is 12.5 Å². The molecule has 0 saturated carbocycles. The minimum absolute atomic E-state index is 0.164. The van der Waals surface area contributed by atoms with E-state index in [9.17, 15) is 4.79 Å². The molecule has 0 aromatic heterocycles. The molecule has 0 unspecified atom stereocenters. The highest BCUT2D eigenvalue weighted by atomic mass is 32.2. The van der Waals surface area contributed by atoms with Crippen molar-refractivity contribution in [2.45, 2.75) is 65.4 Å². The number of rotatable bonds is 5. The van der Waals surface area contributed by atoms with Crippen LogP contribution < -0.4 is 4.72 Å². The first kappa shape index (κ1) is 26.8. The molecular weight excluding hydrogens is 378 g/mol. The highest BCUT2D eigenvalue weighted by molar-refractivity contribution is 7.97. The smallest absolute Gasteiger partial charge is 0.321 e. The molecule has 0 radical (unpaired) electrons. The van der Waals surface area contributed by atoms with Crippen LogP contribution in [-0.4, -0.2) is 18.1 Å². The molecule has 2 aromatic rings. The minimum Gasteiger partial charge on any atom is -0.459 e. The number of terminal acetylenes is 1. The van der Waals surface area contributed by atoms with Crippen LogP contribution >= 0.6 is 11.9 Å². The zero-order chi connectivity index (χ0) is 22.3. The zero-order valence-electron chi connectivity index (χ0n) is 18.8. The Morgan fingerprint density at radius 1 is 1.00 bits per heavy atom. The lowest BCUT2D eigenvalue weighted by Gasteiger charge is -2.19. The van der Waals surface area contributed by atoms with Crippen molar-refractivity contribution in [3.8, 4) is 23.5 Å². The van der Waals surface area contributed by atoms with Crippen LogP contribution in [0.3, 0.4) is 0 Å². The van der Waals surface area contributed by atoms with Gasteiger partial charge >= 0.3 is 5.97 Å². The number of nitrogens with one attached hydrogen (secondary N) is 1. The molecule has 0 aliphatic heterocycles. The molecule has 0 amide bonds. The normalized spacial score (nSPS) is 9.86. The highest BCUT2D eigenvalue weighted by Crippen LogP contribution is 2.23. The Labute approximate surface area is 181 Å². The average Bonchev–Trinajstić information content (AvgIpc) is 2.69. The molecule has 4 heteroatoms. The van der Waals surface area contributed by atoms with Crippen LogP contribution in [-0.2, 0) is 9.53 Å². The average molecular weight is 414 g/mol. The van der Waals surface area contributed by atoms with Gasteiger partial charge in [-0.05, 0) is 68.1 Å². The fourth-order valence-corrected chi connectivity index (χ4v) is 2.66. The van der Waals surface area contributed by atoms with Crippen LogP contribution in [0.2, 0.25) is 0 Å². The van der Waals surface area contributed by atoms with Crippen LogP contribution in [0.4, 0.5) is 0 Å². The number of benzene rings is 2. The first-order valence-electron chi connectivity index (χ1n) is 10.1. The number of ether oxygens (including phenoxy) is 1. The molecule has 0 atom stereocenters. The van der Waals surface area contributed by atoms with Gasteiger partial charge in [0.05, 0.1) is 0 Å². The predicted molar refractivity (Wildman–Crippen MR) is 127 cm³/mol. The van der Waals surface area contributed by atoms with Gasteiger partial charge < -0.3 is 4.74 Å². The van der Waals surface area contributed by atoms with Gasteiger partial charge in [0.1, 0.15) is 12.1 Å². The van der Waals surface area contributed by atoms with Gasteiger partial charge in [0.2, 0.25) is 0 Å². The summed E-state index contributed by atoms with van der Waals surface area (Å²) in [4.78, 5) is 12.7. The number of hydrogen-bond acceptors (Lipinski definition) is 4. The molecule has 158 valence electrons. The summed E-state index contributed by atoms with van der Waals surface area (Å²) in [6.07, 6.45) is 6.62. The second-order valence-electron chi connectivity index (χ2n) is 6.96. The van der Waals surface area contributed by atoms with Crippen molar-refractivity contribution in [2.24, 2.45) is 0 Å². The van der Waals surface area contributed by atoms with E-state index in [1.54, 1.807) is 0 Å². The van der Waals surface area contributed by atoms with E-state index in [0.29, 0.717) is 0 Å². The zero-order valence-corrected chi connectivity index (χ0v) is 19.7. The topological polar surface area (TPSA) is 38.3 Å². The Morgan fingerprint density at radius 2 is 1.45 bits per heavy atom. The maximum atomic E-state index is 11.6.